The summed E-state index contributed by atoms with van der Waals surface area (Å²) in [5, 5.41) is 19.7. The Bertz CT molecular complexity index is 843. The first-order valence-corrected chi connectivity index (χ1v) is 11.9. The maximum Gasteiger partial charge on any atom is 0.341 e. The number of carboxylic acids is 1. The number of carboxylic acid groups (broad SMARTS) is 1. The number of aliphatic carboxylic acids is 1. The third-order valence-electron chi connectivity index (χ3n) is 6.78. The van der Waals surface area contributed by atoms with Gasteiger partial charge in [0.1, 0.15) is 11.9 Å². The standard InChI is InChI=1S/C26H36O6/c1-3-4-5-6-9-20(32-17(2)27)11-12-21-22-13-18-8-7-10-25(31-16-26(29)30)23(18)14-19(22)15-24(21)28/h7-8,10,19-20,22,28H,3-6,9,11-16H2,1-2H3,(H,29,30)/t19-,20-,22-/m0/s1. The lowest BCUT2D eigenvalue weighted by Gasteiger charge is -2.31. The molecule has 0 unspecified atom stereocenters. The molecule has 0 radical (unpaired) electrons. The van der Waals surface area contributed by atoms with E-state index in [1.54, 1.807) is 0 Å². The Kier molecular flexibility index (Phi) is 8.60. The molecule has 0 bridgehead atoms. The highest BCUT2D eigenvalue weighted by Gasteiger charge is 2.39. The van der Waals surface area contributed by atoms with Crippen LogP contribution in [-0.2, 0) is 27.2 Å². The number of benzene rings is 1. The molecule has 0 aliphatic heterocycles. The Morgan fingerprint density at radius 1 is 1.12 bits per heavy atom. The van der Waals surface area contributed by atoms with Gasteiger partial charge in [-0.15, -0.1) is 0 Å². The lowest BCUT2D eigenvalue weighted by atomic mass is 9.74. The number of carbonyl (C=O) groups excluding carboxylic acids is 1. The van der Waals surface area contributed by atoms with Crippen molar-refractivity contribution >= 4 is 11.9 Å². The molecule has 176 valence electrons. The number of ether oxygens (including phenoxy) is 2. The average Bonchev–Trinajstić information content (AvgIpc) is 3.05. The van der Waals surface area contributed by atoms with E-state index in [1.807, 2.05) is 12.1 Å². The lowest BCUT2D eigenvalue weighted by molar-refractivity contribution is -0.147. The van der Waals surface area contributed by atoms with Crippen LogP contribution in [0.25, 0.3) is 0 Å². The molecule has 0 spiro atoms. The smallest absolute Gasteiger partial charge is 0.341 e. The molecule has 0 aromatic heterocycles. The summed E-state index contributed by atoms with van der Waals surface area (Å²) >= 11 is 0. The van der Waals surface area contributed by atoms with Crippen LogP contribution in [0.5, 0.6) is 5.75 Å². The van der Waals surface area contributed by atoms with Crippen molar-refractivity contribution in [3.8, 4) is 5.75 Å². The van der Waals surface area contributed by atoms with Crippen molar-refractivity contribution in [2.75, 3.05) is 6.61 Å². The van der Waals surface area contributed by atoms with Crippen molar-refractivity contribution < 1.29 is 29.3 Å². The number of aliphatic hydroxyl groups is 1. The molecule has 6 heteroatoms. The summed E-state index contributed by atoms with van der Waals surface area (Å²) in [4.78, 5) is 22.5. The van der Waals surface area contributed by atoms with Crippen molar-refractivity contribution in [2.45, 2.75) is 84.2 Å². The minimum absolute atomic E-state index is 0.101. The van der Waals surface area contributed by atoms with Gasteiger partial charge in [0.15, 0.2) is 6.61 Å². The van der Waals surface area contributed by atoms with Crippen LogP contribution in [-0.4, -0.2) is 34.9 Å². The van der Waals surface area contributed by atoms with Crippen LogP contribution in [0.4, 0.5) is 0 Å². The summed E-state index contributed by atoms with van der Waals surface area (Å²) in [5.74, 6) is 0.454. The quantitative estimate of drug-likeness (QED) is 0.332. The Balaban J connectivity index is 1.64. The summed E-state index contributed by atoms with van der Waals surface area (Å²) in [6, 6.07) is 5.80. The molecule has 3 atom stereocenters. The van der Waals surface area contributed by atoms with E-state index >= 15 is 0 Å². The molecule has 2 N–H and O–H groups in total. The number of hydrogen-bond donors (Lipinski definition) is 2. The van der Waals surface area contributed by atoms with Gasteiger partial charge in [-0.1, -0.05) is 38.3 Å². The summed E-state index contributed by atoms with van der Waals surface area (Å²) in [6.45, 7) is 3.29. The van der Waals surface area contributed by atoms with Crippen LogP contribution >= 0.6 is 0 Å². The molecule has 1 aromatic rings. The van der Waals surface area contributed by atoms with E-state index < -0.39 is 5.97 Å². The molecular formula is C26H36O6. The molecule has 0 amide bonds. The van der Waals surface area contributed by atoms with Gasteiger partial charge in [-0.2, -0.15) is 0 Å². The van der Waals surface area contributed by atoms with Crippen LogP contribution in [0.1, 0.15) is 76.3 Å². The molecule has 0 saturated carbocycles. The molecule has 2 aliphatic rings. The molecule has 3 rings (SSSR count). The zero-order valence-corrected chi connectivity index (χ0v) is 19.3. The fraction of sp³-hybridized carbons (Fsp3) is 0.615. The van der Waals surface area contributed by atoms with Gasteiger partial charge >= 0.3 is 11.9 Å². The second-order valence-electron chi connectivity index (χ2n) is 9.15. The Hall–Kier alpha value is -2.50. The second-order valence-corrected chi connectivity index (χ2v) is 9.15. The number of esters is 1. The van der Waals surface area contributed by atoms with Crippen LogP contribution in [0.3, 0.4) is 0 Å². The maximum absolute atomic E-state index is 11.6. The van der Waals surface area contributed by atoms with Gasteiger partial charge in [0, 0.05) is 13.3 Å². The number of fused-ring (bicyclic) bond motifs is 2. The normalized spacial score (nSPS) is 20.4. The van der Waals surface area contributed by atoms with E-state index in [4.69, 9.17) is 14.6 Å². The third kappa shape index (κ3) is 6.27. The molecule has 0 saturated heterocycles. The third-order valence-corrected chi connectivity index (χ3v) is 6.78. The number of carbonyl (C=O) groups is 2. The highest BCUT2D eigenvalue weighted by molar-refractivity contribution is 5.68. The average molecular weight is 445 g/mol. The van der Waals surface area contributed by atoms with E-state index in [1.165, 1.54) is 19.8 Å². The molecule has 1 aromatic carbocycles. The fourth-order valence-corrected chi connectivity index (χ4v) is 5.27. The highest BCUT2D eigenvalue weighted by Crippen LogP contribution is 2.47. The first-order chi connectivity index (χ1) is 15.4. The fourth-order valence-electron chi connectivity index (χ4n) is 5.27. The van der Waals surface area contributed by atoms with Gasteiger partial charge in [0.25, 0.3) is 0 Å². The zero-order valence-electron chi connectivity index (χ0n) is 19.3. The zero-order chi connectivity index (χ0) is 23.1. The molecule has 0 heterocycles. The van der Waals surface area contributed by atoms with Crippen molar-refractivity contribution in [1.82, 2.24) is 0 Å². The predicted molar refractivity (Wildman–Crippen MR) is 122 cm³/mol. The Labute approximate surface area is 190 Å². The summed E-state index contributed by atoms with van der Waals surface area (Å²) in [6.07, 6.45) is 9.04. The topological polar surface area (TPSA) is 93.1 Å². The first-order valence-electron chi connectivity index (χ1n) is 11.9. The Morgan fingerprint density at radius 3 is 2.66 bits per heavy atom. The number of unbranched alkanes of at least 4 members (excludes halogenated alkanes) is 3. The summed E-state index contributed by atoms with van der Waals surface area (Å²) < 4.78 is 11.1. The van der Waals surface area contributed by atoms with Crippen LogP contribution in [0, 0.1) is 11.8 Å². The van der Waals surface area contributed by atoms with Crippen LogP contribution in [0.15, 0.2) is 29.5 Å². The summed E-state index contributed by atoms with van der Waals surface area (Å²) in [5.41, 5.74) is 3.33. The van der Waals surface area contributed by atoms with Gasteiger partial charge in [-0.3, -0.25) is 4.79 Å². The lowest BCUT2D eigenvalue weighted by Crippen LogP contribution is -2.25. The van der Waals surface area contributed by atoms with Crippen molar-refractivity contribution in [2.24, 2.45) is 11.8 Å². The minimum Gasteiger partial charge on any atom is -0.512 e. The number of aliphatic hydroxyl groups excluding tert-OH is 1. The Morgan fingerprint density at radius 2 is 1.94 bits per heavy atom. The van der Waals surface area contributed by atoms with Crippen LogP contribution < -0.4 is 4.74 Å². The first kappa shape index (κ1) is 24.1. The molecule has 2 aliphatic carbocycles. The van der Waals surface area contributed by atoms with Gasteiger partial charge in [-0.05, 0) is 73.1 Å². The van der Waals surface area contributed by atoms with E-state index in [0.717, 1.165) is 61.6 Å². The van der Waals surface area contributed by atoms with E-state index in [9.17, 15) is 14.7 Å². The van der Waals surface area contributed by atoms with Gasteiger partial charge in [-0.25, -0.2) is 4.79 Å². The highest BCUT2D eigenvalue weighted by atomic mass is 16.5. The largest absolute Gasteiger partial charge is 0.512 e. The van der Waals surface area contributed by atoms with Gasteiger partial charge in [0.05, 0.1) is 5.76 Å². The minimum atomic E-state index is -0.990. The number of hydrogen-bond acceptors (Lipinski definition) is 5. The van der Waals surface area contributed by atoms with Crippen molar-refractivity contribution in [1.29, 1.82) is 0 Å². The monoisotopic (exact) mass is 444 g/mol. The van der Waals surface area contributed by atoms with Gasteiger partial charge < -0.3 is 19.7 Å². The van der Waals surface area contributed by atoms with E-state index in [0.29, 0.717) is 23.8 Å². The maximum atomic E-state index is 11.6. The molecule has 6 nitrogen and oxygen atoms in total. The number of rotatable bonds is 12. The predicted octanol–water partition coefficient (Wildman–Crippen LogP) is 5.38. The van der Waals surface area contributed by atoms with Crippen molar-refractivity contribution in [3.63, 3.8) is 0 Å². The molecular weight excluding hydrogens is 408 g/mol. The van der Waals surface area contributed by atoms with E-state index in [-0.39, 0.29) is 24.6 Å². The summed E-state index contributed by atoms with van der Waals surface area (Å²) in [7, 11) is 0. The van der Waals surface area contributed by atoms with Crippen molar-refractivity contribution in [3.05, 3.63) is 40.7 Å². The van der Waals surface area contributed by atoms with E-state index in [2.05, 4.69) is 13.0 Å². The van der Waals surface area contributed by atoms with Crippen LogP contribution in [0.2, 0.25) is 0 Å². The SMILES string of the molecule is CCCCCC[C@@H](CCC1=C(O)C[C@@H]2Cc3c(cccc3OCC(=O)O)C[C@H]12)OC(C)=O. The molecule has 0 fully saturated rings. The molecule has 32 heavy (non-hydrogen) atoms. The second kappa shape index (κ2) is 11.4. The number of allylic oxidation sites excluding steroid dienone is 2. The van der Waals surface area contributed by atoms with Gasteiger partial charge in [0.2, 0.25) is 0 Å².